The molecule has 1 saturated carbocycles. The fourth-order valence-electron chi connectivity index (χ4n) is 4.67. The second kappa shape index (κ2) is 8.38. The van der Waals surface area contributed by atoms with Crippen molar-refractivity contribution in [1.82, 2.24) is 19.9 Å². The molecular weight excluding hydrogens is 374 g/mol. The van der Waals surface area contributed by atoms with Crippen LogP contribution in [0.1, 0.15) is 32.1 Å². The van der Waals surface area contributed by atoms with Gasteiger partial charge in [0, 0.05) is 55.4 Å². The normalized spacial score (nSPS) is 18.0. The van der Waals surface area contributed by atoms with Crippen LogP contribution in [0, 0.1) is 5.92 Å². The molecule has 0 N–H and O–H groups in total. The molecule has 3 aromatic rings. The average Bonchev–Trinajstić information content (AvgIpc) is 2.84. The molecule has 0 unspecified atom stereocenters. The van der Waals surface area contributed by atoms with E-state index in [-0.39, 0.29) is 5.92 Å². The highest BCUT2D eigenvalue weighted by atomic mass is 16.2. The Morgan fingerprint density at radius 1 is 0.900 bits per heavy atom. The van der Waals surface area contributed by atoms with Gasteiger partial charge in [-0.1, -0.05) is 31.4 Å². The van der Waals surface area contributed by atoms with Gasteiger partial charge in [-0.25, -0.2) is 9.97 Å². The first-order valence-electron chi connectivity index (χ1n) is 11.0. The van der Waals surface area contributed by atoms with E-state index in [1.165, 1.54) is 19.3 Å². The van der Waals surface area contributed by atoms with E-state index in [1.807, 2.05) is 30.3 Å². The van der Waals surface area contributed by atoms with Crippen LogP contribution in [0.25, 0.3) is 22.3 Å². The maximum absolute atomic E-state index is 12.9. The van der Waals surface area contributed by atoms with E-state index in [0.29, 0.717) is 11.7 Å². The van der Waals surface area contributed by atoms with Crippen molar-refractivity contribution in [2.75, 3.05) is 31.1 Å². The molecule has 1 aromatic carbocycles. The molecule has 1 amide bonds. The van der Waals surface area contributed by atoms with Crippen LogP contribution in [0.3, 0.4) is 0 Å². The van der Waals surface area contributed by atoms with Crippen molar-refractivity contribution in [1.29, 1.82) is 0 Å². The van der Waals surface area contributed by atoms with Crippen LogP contribution in [-0.2, 0) is 4.79 Å². The maximum atomic E-state index is 12.9. The van der Waals surface area contributed by atoms with E-state index in [4.69, 9.17) is 9.97 Å². The van der Waals surface area contributed by atoms with Crippen molar-refractivity contribution in [3.8, 4) is 11.4 Å². The van der Waals surface area contributed by atoms with E-state index >= 15 is 0 Å². The van der Waals surface area contributed by atoms with Gasteiger partial charge in [0.1, 0.15) is 5.82 Å². The van der Waals surface area contributed by atoms with Gasteiger partial charge in [-0.05, 0) is 37.1 Å². The van der Waals surface area contributed by atoms with Gasteiger partial charge < -0.3 is 9.80 Å². The molecule has 2 aliphatic rings. The van der Waals surface area contributed by atoms with Crippen molar-refractivity contribution in [3.05, 3.63) is 48.8 Å². The topological polar surface area (TPSA) is 62.2 Å². The van der Waals surface area contributed by atoms with E-state index in [0.717, 1.165) is 61.3 Å². The van der Waals surface area contributed by atoms with Crippen molar-refractivity contribution >= 4 is 22.6 Å². The second-order valence-corrected chi connectivity index (χ2v) is 8.28. The lowest BCUT2D eigenvalue weighted by Gasteiger charge is -2.38. The number of pyridine rings is 1. The van der Waals surface area contributed by atoms with Crippen LogP contribution in [-0.4, -0.2) is 51.9 Å². The van der Waals surface area contributed by atoms with Crippen molar-refractivity contribution in [2.24, 2.45) is 5.92 Å². The summed E-state index contributed by atoms with van der Waals surface area (Å²) in [6.07, 6.45) is 9.34. The highest BCUT2D eigenvalue weighted by Gasteiger charge is 2.29. The Balaban J connectivity index is 1.39. The Bertz CT molecular complexity index is 1020. The largest absolute Gasteiger partial charge is 0.352 e. The quantitative estimate of drug-likeness (QED) is 0.666. The molecule has 1 saturated heterocycles. The van der Waals surface area contributed by atoms with E-state index in [1.54, 1.807) is 12.4 Å². The number of benzene rings is 1. The van der Waals surface area contributed by atoms with E-state index in [2.05, 4.69) is 20.9 Å². The highest BCUT2D eigenvalue weighted by molar-refractivity contribution is 5.91. The van der Waals surface area contributed by atoms with Gasteiger partial charge in [0.05, 0.1) is 5.52 Å². The lowest BCUT2D eigenvalue weighted by Crippen LogP contribution is -2.50. The zero-order valence-electron chi connectivity index (χ0n) is 17.2. The number of hydrogen-bond donors (Lipinski definition) is 0. The molecule has 0 spiro atoms. The van der Waals surface area contributed by atoms with Gasteiger partial charge in [-0.15, -0.1) is 0 Å². The summed E-state index contributed by atoms with van der Waals surface area (Å²) in [5, 5.41) is 1.05. The molecule has 0 bridgehead atoms. The standard InChI is InChI=1S/C24H27N5O/c30-24(18-7-2-1-3-8-18)29-15-13-28(14-16-29)23-20-10-4-5-11-21(20)26-22(27-23)19-9-6-12-25-17-19/h4-6,9-12,17-18H,1-3,7-8,13-16H2. The average molecular weight is 402 g/mol. The first-order chi connectivity index (χ1) is 14.8. The smallest absolute Gasteiger partial charge is 0.225 e. The molecule has 0 radical (unpaired) electrons. The lowest BCUT2D eigenvalue weighted by atomic mass is 9.88. The Kier molecular flexibility index (Phi) is 5.30. The Hall–Kier alpha value is -3.02. The molecule has 3 heterocycles. The van der Waals surface area contributed by atoms with Gasteiger partial charge in [-0.2, -0.15) is 0 Å². The first-order valence-corrected chi connectivity index (χ1v) is 11.0. The lowest BCUT2D eigenvalue weighted by molar-refractivity contribution is -0.136. The number of aromatic nitrogens is 3. The second-order valence-electron chi connectivity index (χ2n) is 8.28. The first kappa shape index (κ1) is 19.0. The number of carbonyl (C=O) groups excluding carboxylic acids is 1. The maximum Gasteiger partial charge on any atom is 0.225 e. The SMILES string of the molecule is O=C(C1CCCCC1)N1CCN(c2nc(-c3cccnc3)nc3ccccc23)CC1. The molecule has 5 rings (SSSR count). The van der Waals surface area contributed by atoms with E-state index in [9.17, 15) is 4.79 Å². The molecular formula is C24H27N5O. The van der Waals surface area contributed by atoms with Gasteiger partial charge in [0.2, 0.25) is 5.91 Å². The summed E-state index contributed by atoms with van der Waals surface area (Å²) in [6.45, 7) is 3.11. The number of carbonyl (C=O) groups is 1. The summed E-state index contributed by atoms with van der Waals surface area (Å²) in [5.41, 5.74) is 1.85. The fraction of sp³-hybridized carbons (Fsp3) is 0.417. The fourth-order valence-corrected chi connectivity index (χ4v) is 4.67. The molecule has 0 atom stereocenters. The summed E-state index contributed by atoms with van der Waals surface area (Å²) in [4.78, 5) is 31.2. The zero-order chi connectivity index (χ0) is 20.3. The Morgan fingerprint density at radius 3 is 2.47 bits per heavy atom. The molecule has 154 valence electrons. The van der Waals surface area contributed by atoms with Crippen molar-refractivity contribution < 1.29 is 4.79 Å². The van der Waals surface area contributed by atoms with Crippen molar-refractivity contribution in [3.63, 3.8) is 0 Å². The van der Waals surface area contributed by atoms with Crippen LogP contribution >= 0.6 is 0 Å². The molecule has 6 nitrogen and oxygen atoms in total. The third kappa shape index (κ3) is 3.74. The number of nitrogens with zero attached hydrogens (tertiary/aromatic N) is 5. The summed E-state index contributed by atoms with van der Waals surface area (Å²) in [7, 11) is 0. The molecule has 1 aliphatic carbocycles. The predicted octanol–water partition coefficient (Wildman–Crippen LogP) is 3.92. The summed E-state index contributed by atoms with van der Waals surface area (Å²) < 4.78 is 0. The van der Waals surface area contributed by atoms with Crippen LogP contribution in [0.5, 0.6) is 0 Å². The third-order valence-corrected chi connectivity index (χ3v) is 6.35. The molecule has 2 fully saturated rings. The minimum absolute atomic E-state index is 0.238. The van der Waals surface area contributed by atoms with Crippen LogP contribution in [0.2, 0.25) is 0 Å². The number of hydrogen-bond acceptors (Lipinski definition) is 5. The molecule has 6 heteroatoms. The van der Waals surface area contributed by atoms with Crippen LogP contribution < -0.4 is 4.90 Å². The number of anilines is 1. The minimum Gasteiger partial charge on any atom is -0.352 e. The predicted molar refractivity (Wildman–Crippen MR) is 118 cm³/mol. The number of fused-ring (bicyclic) bond motifs is 1. The highest BCUT2D eigenvalue weighted by Crippen LogP contribution is 2.29. The molecule has 30 heavy (non-hydrogen) atoms. The van der Waals surface area contributed by atoms with Gasteiger partial charge in [-0.3, -0.25) is 9.78 Å². The van der Waals surface area contributed by atoms with Gasteiger partial charge in [0.25, 0.3) is 0 Å². The third-order valence-electron chi connectivity index (χ3n) is 6.35. The van der Waals surface area contributed by atoms with Crippen LogP contribution in [0.4, 0.5) is 5.82 Å². The summed E-state index contributed by atoms with van der Waals surface area (Å²) in [6, 6.07) is 12.0. The summed E-state index contributed by atoms with van der Waals surface area (Å²) >= 11 is 0. The Labute approximate surface area is 177 Å². The Morgan fingerprint density at radius 2 is 1.70 bits per heavy atom. The number of rotatable bonds is 3. The minimum atomic E-state index is 0.238. The number of para-hydroxylation sites is 1. The van der Waals surface area contributed by atoms with E-state index < -0.39 is 0 Å². The monoisotopic (exact) mass is 401 g/mol. The molecule has 1 aliphatic heterocycles. The number of piperazine rings is 1. The summed E-state index contributed by atoms with van der Waals surface area (Å²) in [5.74, 6) is 2.24. The zero-order valence-corrected chi connectivity index (χ0v) is 17.2. The van der Waals surface area contributed by atoms with Crippen LogP contribution in [0.15, 0.2) is 48.8 Å². The van der Waals surface area contributed by atoms with Gasteiger partial charge >= 0.3 is 0 Å². The van der Waals surface area contributed by atoms with Gasteiger partial charge in [0.15, 0.2) is 5.82 Å². The van der Waals surface area contributed by atoms with Crippen molar-refractivity contribution in [2.45, 2.75) is 32.1 Å². The molecule has 2 aromatic heterocycles. The number of amides is 1.